The van der Waals surface area contributed by atoms with Crippen LogP contribution in [0.2, 0.25) is 0 Å². The second-order valence-electron chi connectivity index (χ2n) is 4.81. The van der Waals surface area contributed by atoms with E-state index in [9.17, 15) is 0 Å². The van der Waals surface area contributed by atoms with E-state index in [2.05, 4.69) is 42.3 Å². The molecule has 0 radical (unpaired) electrons. The van der Waals surface area contributed by atoms with Crippen LogP contribution in [0.5, 0.6) is 0 Å². The van der Waals surface area contributed by atoms with Crippen LogP contribution in [0.3, 0.4) is 0 Å². The number of nitrogens with zero attached hydrogens (tertiary/aromatic N) is 2. The van der Waals surface area contributed by atoms with E-state index in [1.54, 1.807) is 0 Å². The Hall–Kier alpha value is -0.570. The van der Waals surface area contributed by atoms with E-state index in [1.807, 2.05) is 4.53 Å². The van der Waals surface area contributed by atoms with Crippen molar-refractivity contribution in [2.75, 3.05) is 13.1 Å². The fourth-order valence-corrected chi connectivity index (χ4v) is 2.63. The number of rotatable bonds is 3. The standard InChI is InChI=1S/C14H21ClN2/c1-2-13-9-6-10-17(15)16(11-13)12-14-7-4-3-5-8-14/h3-5,7-8,13H,2,6,9-12H2,1H3. The average molecular weight is 253 g/mol. The molecule has 1 aromatic carbocycles. The second kappa shape index (κ2) is 6.39. The van der Waals surface area contributed by atoms with Gasteiger partial charge < -0.3 is 0 Å². The number of hydrogen-bond acceptors (Lipinski definition) is 2. The monoisotopic (exact) mass is 252 g/mol. The highest BCUT2D eigenvalue weighted by molar-refractivity contribution is 6.13. The summed E-state index contributed by atoms with van der Waals surface area (Å²) in [5.74, 6) is 0.780. The minimum absolute atomic E-state index is 0.780. The van der Waals surface area contributed by atoms with Gasteiger partial charge in [0.15, 0.2) is 0 Å². The molecule has 3 heteroatoms. The Morgan fingerprint density at radius 1 is 1.29 bits per heavy atom. The van der Waals surface area contributed by atoms with Crippen LogP contribution in [0.25, 0.3) is 0 Å². The van der Waals surface area contributed by atoms with E-state index < -0.39 is 0 Å². The van der Waals surface area contributed by atoms with Crippen molar-refractivity contribution < 1.29 is 0 Å². The number of halogens is 1. The van der Waals surface area contributed by atoms with Gasteiger partial charge in [0.05, 0.1) is 0 Å². The first-order valence-electron chi connectivity index (χ1n) is 6.51. The molecule has 2 rings (SSSR count). The van der Waals surface area contributed by atoms with E-state index in [4.69, 9.17) is 11.8 Å². The van der Waals surface area contributed by atoms with Crippen LogP contribution in [0, 0.1) is 5.92 Å². The van der Waals surface area contributed by atoms with Crippen LogP contribution in [0.15, 0.2) is 30.3 Å². The summed E-state index contributed by atoms with van der Waals surface area (Å²) < 4.78 is 1.88. The largest absolute Gasteiger partial charge is 0.223 e. The molecule has 17 heavy (non-hydrogen) atoms. The highest BCUT2D eigenvalue weighted by Crippen LogP contribution is 2.22. The van der Waals surface area contributed by atoms with Crippen LogP contribution in [0.4, 0.5) is 0 Å². The first-order chi connectivity index (χ1) is 8.29. The molecule has 0 aromatic heterocycles. The van der Waals surface area contributed by atoms with Crippen molar-refractivity contribution in [1.82, 2.24) is 9.54 Å². The highest BCUT2D eigenvalue weighted by atomic mass is 35.5. The van der Waals surface area contributed by atoms with Crippen LogP contribution < -0.4 is 0 Å². The maximum Gasteiger partial charge on any atom is 0.0396 e. The minimum atomic E-state index is 0.780. The summed E-state index contributed by atoms with van der Waals surface area (Å²) in [6.07, 6.45) is 3.74. The maximum absolute atomic E-state index is 6.32. The van der Waals surface area contributed by atoms with Gasteiger partial charge in [0.2, 0.25) is 0 Å². The van der Waals surface area contributed by atoms with Crippen molar-refractivity contribution in [2.45, 2.75) is 32.7 Å². The van der Waals surface area contributed by atoms with Crippen molar-refractivity contribution in [2.24, 2.45) is 5.92 Å². The quantitative estimate of drug-likeness (QED) is 0.758. The maximum atomic E-state index is 6.32. The predicted octanol–water partition coefficient (Wildman–Crippen LogP) is 3.68. The molecule has 1 atom stereocenters. The zero-order valence-electron chi connectivity index (χ0n) is 10.5. The Bertz CT molecular complexity index is 328. The Labute approximate surface area is 109 Å². The lowest BCUT2D eigenvalue weighted by atomic mass is 10.0. The van der Waals surface area contributed by atoms with Gasteiger partial charge in [-0.15, -0.1) is 0 Å². The minimum Gasteiger partial charge on any atom is -0.223 e. The lowest BCUT2D eigenvalue weighted by molar-refractivity contribution is 0.0516. The fourth-order valence-electron chi connectivity index (χ4n) is 2.40. The molecule has 0 saturated carbocycles. The van der Waals surface area contributed by atoms with E-state index in [-0.39, 0.29) is 0 Å². The molecule has 1 fully saturated rings. The smallest absolute Gasteiger partial charge is 0.0396 e. The lowest BCUT2D eigenvalue weighted by Gasteiger charge is -2.29. The van der Waals surface area contributed by atoms with Gasteiger partial charge in [-0.05, 0) is 36.1 Å². The SMILES string of the molecule is CCC1CCCN(Cl)N(Cc2ccccc2)C1. The Kier molecular flexibility index (Phi) is 4.84. The Morgan fingerprint density at radius 2 is 2.06 bits per heavy atom. The summed E-state index contributed by atoms with van der Waals surface area (Å²) >= 11 is 6.32. The molecule has 1 aliphatic rings. The summed E-state index contributed by atoms with van der Waals surface area (Å²) in [5, 5.41) is 2.28. The normalized spacial score (nSPS) is 23.5. The molecule has 0 bridgehead atoms. The van der Waals surface area contributed by atoms with Gasteiger partial charge in [0, 0.05) is 19.6 Å². The molecule has 1 heterocycles. The van der Waals surface area contributed by atoms with Crippen molar-refractivity contribution in [3.63, 3.8) is 0 Å². The molecule has 2 nitrogen and oxygen atoms in total. The number of benzene rings is 1. The number of hydrogen-bond donors (Lipinski definition) is 0. The molecule has 1 unspecified atom stereocenters. The van der Waals surface area contributed by atoms with Crippen molar-refractivity contribution >= 4 is 11.8 Å². The van der Waals surface area contributed by atoms with Gasteiger partial charge >= 0.3 is 0 Å². The lowest BCUT2D eigenvalue weighted by Crippen LogP contribution is -2.37. The Balaban J connectivity index is 2.01. The topological polar surface area (TPSA) is 6.48 Å². The van der Waals surface area contributed by atoms with Crippen LogP contribution in [-0.2, 0) is 6.54 Å². The molecule has 1 aliphatic heterocycles. The van der Waals surface area contributed by atoms with Crippen LogP contribution in [-0.4, -0.2) is 22.6 Å². The molecule has 0 amide bonds. The van der Waals surface area contributed by atoms with Crippen molar-refractivity contribution in [3.05, 3.63) is 35.9 Å². The molecule has 1 saturated heterocycles. The van der Waals surface area contributed by atoms with E-state index in [0.29, 0.717) is 0 Å². The summed E-state index contributed by atoms with van der Waals surface area (Å²) in [6, 6.07) is 10.6. The van der Waals surface area contributed by atoms with E-state index in [0.717, 1.165) is 25.6 Å². The van der Waals surface area contributed by atoms with Crippen molar-refractivity contribution in [3.8, 4) is 0 Å². The molecule has 94 valence electrons. The first kappa shape index (κ1) is 12.9. The molecule has 0 aliphatic carbocycles. The number of hydrazine groups is 1. The molecular formula is C14H21ClN2. The van der Waals surface area contributed by atoms with Crippen molar-refractivity contribution in [1.29, 1.82) is 0 Å². The van der Waals surface area contributed by atoms with Gasteiger partial charge in [-0.1, -0.05) is 43.7 Å². The Morgan fingerprint density at radius 3 is 2.76 bits per heavy atom. The van der Waals surface area contributed by atoms with Gasteiger partial charge in [-0.3, -0.25) is 0 Å². The van der Waals surface area contributed by atoms with Gasteiger partial charge in [-0.25, -0.2) is 5.01 Å². The molecular weight excluding hydrogens is 232 g/mol. The zero-order chi connectivity index (χ0) is 12.1. The van der Waals surface area contributed by atoms with Crippen LogP contribution >= 0.6 is 11.8 Å². The average Bonchev–Trinajstić information content (AvgIpc) is 2.53. The summed E-state index contributed by atoms with van der Waals surface area (Å²) in [7, 11) is 0. The third-order valence-corrected chi connectivity index (χ3v) is 3.90. The third-order valence-electron chi connectivity index (χ3n) is 3.52. The molecule has 0 spiro atoms. The van der Waals surface area contributed by atoms with Gasteiger partial charge in [0.25, 0.3) is 0 Å². The van der Waals surface area contributed by atoms with E-state index >= 15 is 0 Å². The molecule has 0 N–H and O–H groups in total. The highest BCUT2D eigenvalue weighted by Gasteiger charge is 2.22. The van der Waals surface area contributed by atoms with Crippen LogP contribution in [0.1, 0.15) is 31.7 Å². The zero-order valence-corrected chi connectivity index (χ0v) is 11.2. The first-order valence-corrected chi connectivity index (χ1v) is 6.85. The van der Waals surface area contributed by atoms with Gasteiger partial charge in [-0.2, -0.15) is 4.53 Å². The summed E-state index contributed by atoms with van der Waals surface area (Å²) in [6.45, 7) is 5.23. The summed E-state index contributed by atoms with van der Waals surface area (Å²) in [4.78, 5) is 0. The third kappa shape index (κ3) is 3.70. The van der Waals surface area contributed by atoms with E-state index in [1.165, 1.54) is 24.8 Å². The molecule has 1 aromatic rings. The van der Waals surface area contributed by atoms with Gasteiger partial charge in [0.1, 0.15) is 0 Å². The fraction of sp³-hybridized carbons (Fsp3) is 0.571. The summed E-state index contributed by atoms with van der Waals surface area (Å²) in [5.41, 5.74) is 1.33. The second-order valence-corrected chi connectivity index (χ2v) is 5.20. The predicted molar refractivity (Wildman–Crippen MR) is 72.4 cm³/mol.